The van der Waals surface area contributed by atoms with Gasteiger partial charge in [0, 0.05) is 0 Å². The van der Waals surface area contributed by atoms with Gasteiger partial charge in [-0.05, 0) is 30.5 Å². The Labute approximate surface area is 82.8 Å². The maximum absolute atomic E-state index is 10.3. The quantitative estimate of drug-likeness (QED) is 0.537. The van der Waals surface area contributed by atoms with Crippen molar-refractivity contribution in [2.75, 3.05) is 0 Å². The molecule has 0 fully saturated rings. The van der Waals surface area contributed by atoms with Gasteiger partial charge in [0.15, 0.2) is 0 Å². The molecule has 0 saturated carbocycles. The van der Waals surface area contributed by atoms with Crippen LogP contribution in [0.2, 0.25) is 0 Å². The molecule has 0 aromatic heterocycles. The molecule has 1 rings (SSSR count). The molecule has 0 saturated heterocycles. The van der Waals surface area contributed by atoms with Crippen LogP contribution in [-0.4, -0.2) is 12.2 Å². The van der Waals surface area contributed by atoms with Gasteiger partial charge in [0.1, 0.15) is 0 Å². The van der Waals surface area contributed by atoms with E-state index in [1.807, 2.05) is 32.0 Å². The number of primary amides is 1. The highest BCUT2D eigenvalue weighted by atomic mass is 16.2. The average molecular weight is 191 g/mol. The molecule has 0 spiro atoms. The van der Waals surface area contributed by atoms with Crippen LogP contribution in [0.4, 0.5) is 4.79 Å². The zero-order valence-corrected chi connectivity index (χ0v) is 8.24. The van der Waals surface area contributed by atoms with Gasteiger partial charge in [0.05, 0.1) is 6.21 Å². The van der Waals surface area contributed by atoms with E-state index in [0.717, 1.165) is 5.56 Å². The molecule has 0 bridgehead atoms. The van der Waals surface area contributed by atoms with Crippen LogP contribution in [0.5, 0.6) is 0 Å². The normalized spacial score (nSPS) is 10.4. The van der Waals surface area contributed by atoms with E-state index in [0.29, 0.717) is 0 Å². The van der Waals surface area contributed by atoms with Gasteiger partial charge < -0.3 is 5.73 Å². The van der Waals surface area contributed by atoms with Crippen molar-refractivity contribution in [1.82, 2.24) is 5.43 Å². The van der Waals surface area contributed by atoms with Gasteiger partial charge >= 0.3 is 6.03 Å². The van der Waals surface area contributed by atoms with Crippen LogP contribution in [-0.2, 0) is 0 Å². The van der Waals surface area contributed by atoms with Crippen molar-refractivity contribution < 1.29 is 4.79 Å². The van der Waals surface area contributed by atoms with Crippen LogP contribution in [0.3, 0.4) is 0 Å². The molecule has 0 atom stereocenters. The number of amides is 2. The maximum Gasteiger partial charge on any atom is 0.332 e. The minimum atomic E-state index is -0.662. The lowest BCUT2D eigenvalue weighted by Gasteiger charge is -2.00. The zero-order chi connectivity index (χ0) is 10.6. The monoisotopic (exact) mass is 191 g/mol. The van der Waals surface area contributed by atoms with Gasteiger partial charge in [-0.1, -0.05) is 18.2 Å². The van der Waals surface area contributed by atoms with Gasteiger partial charge in [-0.15, -0.1) is 0 Å². The molecule has 74 valence electrons. The number of benzene rings is 1. The summed E-state index contributed by atoms with van der Waals surface area (Å²) in [5.41, 5.74) is 10.3. The highest BCUT2D eigenvalue weighted by molar-refractivity contribution is 5.81. The number of aryl methyl sites for hydroxylation is 2. The fourth-order valence-corrected chi connectivity index (χ4v) is 1.02. The average Bonchev–Trinajstić information content (AvgIpc) is 2.10. The van der Waals surface area contributed by atoms with E-state index in [4.69, 9.17) is 5.73 Å². The number of hydrogen-bond acceptors (Lipinski definition) is 2. The van der Waals surface area contributed by atoms with Crippen LogP contribution in [0, 0.1) is 13.8 Å². The summed E-state index contributed by atoms with van der Waals surface area (Å²) in [4.78, 5) is 10.3. The molecule has 0 aliphatic carbocycles. The topological polar surface area (TPSA) is 67.5 Å². The summed E-state index contributed by atoms with van der Waals surface area (Å²) in [6.07, 6.45) is 1.55. The van der Waals surface area contributed by atoms with Gasteiger partial charge in [-0.2, -0.15) is 5.10 Å². The number of urea groups is 1. The van der Waals surface area contributed by atoms with Crippen molar-refractivity contribution in [1.29, 1.82) is 0 Å². The Bertz CT molecular complexity index is 372. The third kappa shape index (κ3) is 2.90. The zero-order valence-electron chi connectivity index (χ0n) is 8.24. The molecule has 0 radical (unpaired) electrons. The Hall–Kier alpha value is -1.84. The second-order valence-corrected chi connectivity index (χ2v) is 3.08. The molecule has 2 amide bonds. The molecule has 4 nitrogen and oxygen atoms in total. The van der Waals surface area contributed by atoms with E-state index in [9.17, 15) is 4.79 Å². The lowest BCUT2D eigenvalue weighted by atomic mass is 10.1. The smallest absolute Gasteiger partial charge is 0.332 e. The highest BCUT2D eigenvalue weighted by Crippen LogP contribution is 2.07. The minimum absolute atomic E-state index is 0.662. The second-order valence-electron chi connectivity index (χ2n) is 3.08. The van der Waals surface area contributed by atoms with E-state index >= 15 is 0 Å². The third-order valence-corrected chi connectivity index (χ3v) is 1.92. The Kier molecular flexibility index (Phi) is 3.23. The molecule has 0 unspecified atom stereocenters. The summed E-state index contributed by atoms with van der Waals surface area (Å²) in [7, 11) is 0. The largest absolute Gasteiger partial charge is 0.350 e. The third-order valence-electron chi connectivity index (χ3n) is 1.92. The maximum atomic E-state index is 10.3. The van der Waals surface area contributed by atoms with Crippen LogP contribution in [0.15, 0.2) is 23.3 Å². The molecule has 0 heterocycles. The van der Waals surface area contributed by atoms with Gasteiger partial charge in [0.25, 0.3) is 0 Å². The van der Waals surface area contributed by atoms with Gasteiger partial charge in [-0.3, -0.25) is 0 Å². The molecular formula is C10H13N3O. The van der Waals surface area contributed by atoms with Crippen molar-refractivity contribution in [3.8, 4) is 0 Å². The minimum Gasteiger partial charge on any atom is -0.350 e. The standard InChI is InChI=1S/C10H13N3O/c1-7-3-4-9(5-8(7)2)6-12-13-10(11)14/h3-6H,1-2H3,(H3,11,13,14). The summed E-state index contributed by atoms with van der Waals surface area (Å²) in [5.74, 6) is 0. The molecule has 0 aliphatic heterocycles. The number of nitrogens with zero attached hydrogens (tertiary/aromatic N) is 1. The summed E-state index contributed by atoms with van der Waals surface area (Å²) in [6, 6.07) is 5.25. The number of carbonyl (C=O) groups excluding carboxylic acids is 1. The molecule has 3 N–H and O–H groups in total. The van der Waals surface area contributed by atoms with E-state index in [1.54, 1.807) is 6.21 Å². The first-order chi connectivity index (χ1) is 6.59. The Balaban J connectivity index is 2.73. The SMILES string of the molecule is Cc1ccc(C=NNC(N)=O)cc1C. The number of hydrogen-bond donors (Lipinski definition) is 2. The van der Waals surface area contributed by atoms with Crippen LogP contribution < -0.4 is 11.2 Å². The lowest BCUT2D eigenvalue weighted by Crippen LogP contribution is -2.24. The molecule has 1 aromatic carbocycles. The lowest BCUT2D eigenvalue weighted by molar-refractivity contribution is 0.249. The summed E-state index contributed by atoms with van der Waals surface area (Å²) < 4.78 is 0. The van der Waals surface area contributed by atoms with Crippen LogP contribution >= 0.6 is 0 Å². The van der Waals surface area contributed by atoms with Gasteiger partial charge in [0.2, 0.25) is 0 Å². The van der Waals surface area contributed by atoms with E-state index in [2.05, 4.69) is 10.5 Å². The Morgan fingerprint density at radius 2 is 2.14 bits per heavy atom. The van der Waals surface area contributed by atoms with Crippen molar-refractivity contribution in [3.63, 3.8) is 0 Å². The molecule has 1 aromatic rings. The molecule has 0 aliphatic rings. The van der Waals surface area contributed by atoms with E-state index < -0.39 is 6.03 Å². The second kappa shape index (κ2) is 4.41. The van der Waals surface area contributed by atoms with Crippen molar-refractivity contribution in [2.45, 2.75) is 13.8 Å². The predicted octanol–water partition coefficient (Wildman–Crippen LogP) is 1.31. The van der Waals surface area contributed by atoms with Crippen LogP contribution in [0.1, 0.15) is 16.7 Å². The number of rotatable bonds is 2. The Morgan fingerprint density at radius 1 is 1.43 bits per heavy atom. The fourth-order valence-electron chi connectivity index (χ4n) is 1.02. The molecule has 14 heavy (non-hydrogen) atoms. The number of nitrogens with two attached hydrogens (primary N) is 1. The first kappa shape index (κ1) is 10.2. The highest BCUT2D eigenvalue weighted by Gasteiger charge is 1.93. The van der Waals surface area contributed by atoms with Crippen molar-refractivity contribution >= 4 is 12.2 Å². The fraction of sp³-hybridized carbons (Fsp3) is 0.200. The number of hydrazone groups is 1. The number of nitrogens with one attached hydrogen (secondary N) is 1. The van der Waals surface area contributed by atoms with Crippen molar-refractivity contribution in [3.05, 3.63) is 34.9 Å². The molecular weight excluding hydrogens is 178 g/mol. The summed E-state index contributed by atoms with van der Waals surface area (Å²) in [5, 5.41) is 3.66. The first-order valence-corrected chi connectivity index (χ1v) is 4.25. The number of carbonyl (C=O) groups is 1. The summed E-state index contributed by atoms with van der Waals surface area (Å²) >= 11 is 0. The van der Waals surface area contributed by atoms with Crippen molar-refractivity contribution in [2.24, 2.45) is 10.8 Å². The summed E-state index contributed by atoms with van der Waals surface area (Å²) in [6.45, 7) is 4.06. The van der Waals surface area contributed by atoms with Gasteiger partial charge in [-0.25, -0.2) is 10.2 Å². The predicted molar refractivity (Wildman–Crippen MR) is 56.2 cm³/mol. The first-order valence-electron chi connectivity index (χ1n) is 4.25. The Morgan fingerprint density at radius 3 is 2.71 bits per heavy atom. The van der Waals surface area contributed by atoms with E-state index in [1.165, 1.54) is 11.1 Å². The van der Waals surface area contributed by atoms with E-state index in [-0.39, 0.29) is 0 Å². The molecule has 4 heteroatoms. The van der Waals surface area contributed by atoms with Crippen LogP contribution in [0.25, 0.3) is 0 Å².